The van der Waals surface area contributed by atoms with Crippen LogP contribution in [0.1, 0.15) is 18.5 Å². The van der Waals surface area contributed by atoms with Crippen molar-refractivity contribution in [3.63, 3.8) is 0 Å². The van der Waals surface area contributed by atoms with Crippen molar-refractivity contribution in [2.75, 3.05) is 5.73 Å². The van der Waals surface area contributed by atoms with Crippen molar-refractivity contribution >= 4 is 5.82 Å². The summed E-state index contributed by atoms with van der Waals surface area (Å²) in [5, 5.41) is 0. The zero-order valence-electron chi connectivity index (χ0n) is 6.62. The quantitative estimate of drug-likeness (QED) is 0.570. The van der Waals surface area contributed by atoms with Crippen molar-refractivity contribution in [2.24, 2.45) is 5.92 Å². The number of hydrogen-bond donors (Lipinski definition) is 1. The van der Waals surface area contributed by atoms with Gasteiger partial charge < -0.3 is 5.73 Å². The summed E-state index contributed by atoms with van der Waals surface area (Å²) in [6.45, 7) is 0. The molecule has 12 heavy (non-hydrogen) atoms. The molecule has 0 aromatic carbocycles. The van der Waals surface area contributed by atoms with E-state index in [4.69, 9.17) is 5.73 Å². The SMILES string of the molecule is Nc1cncc(C#CC2CC2)n1. The van der Waals surface area contributed by atoms with Crippen molar-refractivity contribution in [3.8, 4) is 11.8 Å². The Morgan fingerprint density at radius 2 is 2.25 bits per heavy atom. The standard InChI is InChI=1S/C9H9N3/c10-9-6-11-5-8(12-9)4-3-7-1-2-7/h5-7H,1-2H2,(H2,10,12). The van der Waals surface area contributed by atoms with E-state index in [2.05, 4.69) is 21.8 Å². The van der Waals surface area contributed by atoms with Crippen LogP contribution in [-0.2, 0) is 0 Å². The molecule has 0 radical (unpaired) electrons. The van der Waals surface area contributed by atoms with Gasteiger partial charge in [0.15, 0.2) is 0 Å². The Kier molecular flexibility index (Phi) is 1.67. The van der Waals surface area contributed by atoms with E-state index in [1.807, 2.05) is 0 Å². The highest BCUT2D eigenvalue weighted by atomic mass is 14.9. The molecule has 0 amide bonds. The maximum Gasteiger partial charge on any atom is 0.143 e. The second-order valence-corrected chi connectivity index (χ2v) is 2.87. The molecule has 0 saturated heterocycles. The zero-order valence-corrected chi connectivity index (χ0v) is 6.62. The molecule has 0 spiro atoms. The lowest BCUT2D eigenvalue weighted by molar-refractivity contribution is 1.16. The van der Waals surface area contributed by atoms with Crippen LogP contribution in [0.4, 0.5) is 5.82 Å². The van der Waals surface area contributed by atoms with E-state index < -0.39 is 0 Å². The van der Waals surface area contributed by atoms with Gasteiger partial charge in [0.25, 0.3) is 0 Å². The van der Waals surface area contributed by atoms with Gasteiger partial charge in [-0.15, -0.1) is 0 Å². The maximum atomic E-state index is 5.44. The van der Waals surface area contributed by atoms with Gasteiger partial charge in [0.1, 0.15) is 11.5 Å². The molecule has 1 aliphatic carbocycles. The largest absolute Gasteiger partial charge is 0.382 e. The predicted molar refractivity (Wildman–Crippen MR) is 46.0 cm³/mol. The minimum Gasteiger partial charge on any atom is -0.382 e. The van der Waals surface area contributed by atoms with Gasteiger partial charge in [-0.2, -0.15) is 0 Å². The third kappa shape index (κ3) is 1.73. The maximum absolute atomic E-state index is 5.44. The van der Waals surface area contributed by atoms with Gasteiger partial charge in [0.05, 0.1) is 12.4 Å². The van der Waals surface area contributed by atoms with Crippen LogP contribution in [0.15, 0.2) is 12.4 Å². The Bertz CT molecular complexity index is 344. The molecule has 1 heterocycles. The van der Waals surface area contributed by atoms with E-state index in [-0.39, 0.29) is 0 Å². The van der Waals surface area contributed by atoms with E-state index in [1.54, 1.807) is 6.20 Å². The molecule has 1 aromatic rings. The monoisotopic (exact) mass is 159 g/mol. The summed E-state index contributed by atoms with van der Waals surface area (Å²) in [7, 11) is 0. The topological polar surface area (TPSA) is 51.8 Å². The first kappa shape index (κ1) is 7.11. The third-order valence-corrected chi connectivity index (χ3v) is 1.63. The highest BCUT2D eigenvalue weighted by molar-refractivity contribution is 5.33. The van der Waals surface area contributed by atoms with Gasteiger partial charge in [-0.3, -0.25) is 4.98 Å². The molecule has 1 aliphatic rings. The zero-order chi connectivity index (χ0) is 8.39. The summed E-state index contributed by atoms with van der Waals surface area (Å²) in [5.41, 5.74) is 6.11. The summed E-state index contributed by atoms with van der Waals surface area (Å²) in [6.07, 6.45) is 5.60. The average molecular weight is 159 g/mol. The third-order valence-electron chi connectivity index (χ3n) is 1.63. The van der Waals surface area contributed by atoms with Gasteiger partial charge in [0.2, 0.25) is 0 Å². The lowest BCUT2D eigenvalue weighted by Gasteiger charge is -1.90. The molecule has 2 N–H and O–H groups in total. The number of nitrogens with two attached hydrogens (primary N) is 1. The fraction of sp³-hybridized carbons (Fsp3) is 0.333. The van der Waals surface area contributed by atoms with E-state index in [9.17, 15) is 0 Å². The van der Waals surface area contributed by atoms with Crippen LogP contribution in [0.2, 0.25) is 0 Å². The summed E-state index contributed by atoms with van der Waals surface area (Å²) in [6, 6.07) is 0. The Labute approximate surface area is 71.0 Å². The van der Waals surface area contributed by atoms with Gasteiger partial charge in [-0.05, 0) is 18.8 Å². The van der Waals surface area contributed by atoms with Crippen molar-refractivity contribution in [1.29, 1.82) is 0 Å². The summed E-state index contributed by atoms with van der Waals surface area (Å²) in [5.74, 6) is 7.06. The van der Waals surface area contributed by atoms with Crippen molar-refractivity contribution in [2.45, 2.75) is 12.8 Å². The Morgan fingerprint density at radius 1 is 1.42 bits per heavy atom. The number of nitrogen functional groups attached to an aromatic ring is 1. The number of hydrogen-bond acceptors (Lipinski definition) is 3. The van der Waals surface area contributed by atoms with Gasteiger partial charge >= 0.3 is 0 Å². The fourth-order valence-electron chi connectivity index (χ4n) is 0.845. The van der Waals surface area contributed by atoms with E-state index >= 15 is 0 Å². The second kappa shape index (κ2) is 2.82. The van der Waals surface area contributed by atoms with Crippen LogP contribution in [0.5, 0.6) is 0 Å². The van der Waals surface area contributed by atoms with Crippen LogP contribution in [0, 0.1) is 17.8 Å². The molecular formula is C9H9N3. The molecule has 0 aliphatic heterocycles. The van der Waals surface area contributed by atoms with Crippen LogP contribution in [-0.4, -0.2) is 9.97 Å². The van der Waals surface area contributed by atoms with Gasteiger partial charge in [-0.1, -0.05) is 5.92 Å². The average Bonchev–Trinajstić information content (AvgIpc) is 2.84. The van der Waals surface area contributed by atoms with Gasteiger partial charge in [-0.25, -0.2) is 4.98 Å². The molecule has 0 atom stereocenters. The van der Waals surface area contributed by atoms with Crippen molar-refractivity contribution in [3.05, 3.63) is 18.1 Å². The van der Waals surface area contributed by atoms with E-state index in [0.29, 0.717) is 17.4 Å². The Balaban J connectivity index is 2.18. The molecular weight excluding hydrogens is 150 g/mol. The number of anilines is 1. The van der Waals surface area contributed by atoms with Crippen molar-refractivity contribution < 1.29 is 0 Å². The van der Waals surface area contributed by atoms with Crippen LogP contribution >= 0.6 is 0 Å². The highest BCUT2D eigenvalue weighted by Crippen LogP contribution is 2.27. The number of rotatable bonds is 0. The molecule has 3 nitrogen and oxygen atoms in total. The first-order valence-corrected chi connectivity index (χ1v) is 3.93. The first-order chi connectivity index (χ1) is 5.84. The smallest absolute Gasteiger partial charge is 0.143 e. The van der Waals surface area contributed by atoms with E-state index in [0.717, 1.165) is 0 Å². The van der Waals surface area contributed by atoms with E-state index in [1.165, 1.54) is 19.0 Å². The fourth-order valence-corrected chi connectivity index (χ4v) is 0.845. The van der Waals surface area contributed by atoms with Crippen LogP contribution in [0.25, 0.3) is 0 Å². The Hall–Kier alpha value is -1.56. The summed E-state index contributed by atoms with van der Waals surface area (Å²) < 4.78 is 0. The number of aromatic nitrogens is 2. The number of nitrogens with zero attached hydrogens (tertiary/aromatic N) is 2. The Morgan fingerprint density at radius 3 is 2.92 bits per heavy atom. The highest BCUT2D eigenvalue weighted by Gasteiger charge is 2.17. The normalized spacial score (nSPS) is 15.0. The molecule has 1 aromatic heterocycles. The summed E-state index contributed by atoms with van der Waals surface area (Å²) >= 11 is 0. The molecule has 0 unspecified atom stereocenters. The first-order valence-electron chi connectivity index (χ1n) is 3.93. The predicted octanol–water partition coefficient (Wildman–Crippen LogP) is 0.820. The lowest BCUT2D eigenvalue weighted by atomic mass is 10.4. The lowest BCUT2D eigenvalue weighted by Crippen LogP contribution is -1.93. The van der Waals surface area contributed by atoms with Crippen molar-refractivity contribution in [1.82, 2.24) is 9.97 Å². The molecule has 0 bridgehead atoms. The molecule has 60 valence electrons. The summed E-state index contributed by atoms with van der Waals surface area (Å²) in [4.78, 5) is 7.91. The minimum absolute atomic E-state index is 0.428. The molecule has 1 fully saturated rings. The molecule has 3 heteroatoms. The van der Waals surface area contributed by atoms with Crippen LogP contribution in [0.3, 0.4) is 0 Å². The molecule has 2 rings (SSSR count). The molecule has 1 saturated carbocycles. The van der Waals surface area contributed by atoms with Crippen LogP contribution < -0.4 is 5.73 Å². The second-order valence-electron chi connectivity index (χ2n) is 2.87. The minimum atomic E-state index is 0.428. The van der Waals surface area contributed by atoms with Gasteiger partial charge in [0, 0.05) is 5.92 Å².